The molecule has 148 valence electrons. The summed E-state index contributed by atoms with van der Waals surface area (Å²) in [6.07, 6.45) is 0. The first-order valence-corrected chi connectivity index (χ1v) is 11.5. The van der Waals surface area contributed by atoms with Gasteiger partial charge in [-0.25, -0.2) is 13.4 Å². The fraction of sp³-hybridized carbons (Fsp3) is 0.176. The lowest BCUT2D eigenvalue weighted by atomic mass is 10.2. The van der Waals surface area contributed by atoms with Gasteiger partial charge in [0.15, 0.2) is 5.13 Å². The molecule has 0 atom stereocenters. The highest BCUT2D eigenvalue weighted by molar-refractivity contribution is 7.91. The largest absolute Gasteiger partial charge is 0.495 e. The van der Waals surface area contributed by atoms with Gasteiger partial charge in [-0.3, -0.25) is 4.79 Å². The molecule has 28 heavy (non-hydrogen) atoms. The predicted octanol–water partition coefficient (Wildman–Crippen LogP) is 3.79. The third kappa shape index (κ3) is 4.53. The molecular formula is C17H16ClN3O4S3. The molecule has 2 aromatic heterocycles. The molecule has 0 aliphatic heterocycles. The number of methoxy groups -OCH3 is 1. The number of amides is 1. The van der Waals surface area contributed by atoms with Crippen molar-refractivity contribution in [2.45, 2.75) is 4.21 Å². The number of sulfonamides is 1. The number of aromatic nitrogens is 1. The van der Waals surface area contributed by atoms with Crippen LogP contribution in [0.4, 0.5) is 5.13 Å². The fourth-order valence-corrected chi connectivity index (χ4v) is 5.62. The number of ether oxygens (including phenoxy) is 1. The maximum Gasteiger partial charge on any atom is 0.252 e. The molecule has 3 rings (SSSR count). The SMILES string of the molecule is COc1ccc(-c2csc(NC(=O)CN(C)S(=O)(=O)c3cccs3)n2)cc1Cl. The van der Waals surface area contributed by atoms with Crippen LogP contribution in [0.15, 0.2) is 45.3 Å². The van der Waals surface area contributed by atoms with Crippen LogP contribution < -0.4 is 10.1 Å². The summed E-state index contributed by atoms with van der Waals surface area (Å²) in [5.74, 6) is 0.0838. The topological polar surface area (TPSA) is 88.6 Å². The van der Waals surface area contributed by atoms with E-state index in [1.54, 1.807) is 29.0 Å². The lowest BCUT2D eigenvalue weighted by molar-refractivity contribution is -0.116. The van der Waals surface area contributed by atoms with Gasteiger partial charge >= 0.3 is 0 Å². The number of hydrogen-bond donors (Lipinski definition) is 1. The first-order valence-electron chi connectivity index (χ1n) is 7.90. The molecule has 0 spiro atoms. The summed E-state index contributed by atoms with van der Waals surface area (Å²) < 4.78 is 31.1. The Kier molecular flexibility index (Phi) is 6.36. The molecule has 1 aromatic carbocycles. The number of thiazole rings is 1. The second-order valence-corrected chi connectivity index (χ2v) is 10.1. The summed E-state index contributed by atoms with van der Waals surface area (Å²) in [4.78, 5) is 16.6. The van der Waals surface area contributed by atoms with Crippen molar-refractivity contribution in [3.8, 4) is 17.0 Å². The molecular weight excluding hydrogens is 442 g/mol. The van der Waals surface area contributed by atoms with E-state index in [1.165, 1.54) is 31.6 Å². The second kappa shape index (κ2) is 8.58. The normalized spacial score (nSPS) is 11.6. The number of halogens is 1. The van der Waals surface area contributed by atoms with Gasteiger partial charge in [-0.15, -0.1) is 22.7 Å². The molecule has 0 aliphatic rings. The van der Waals surface area contributed by atoms with Gasteiger partial charge in [-0.05, 0) is 29.6 Å². The second-order valence-electron chi connectivity index (χ2n) is 5.63. The zero-order valence-corrected chi connectivity index (χ0v) is 18.1. The Bertz CT molecular complexity index is 1080. The lowest BCUT2D eigenvalue weighted by Crippen LogP contribution is -2.34. The monoisotopic (exact) mass is 457 g/mol. The number of thiophene rings is 1. The highest BCUT2D eigenvalue weighted by Gasteiger charge is 2.24. The molecule has 0 saturated carbocycles. The minimum absolute atomic E-state index is 0.190. The van der Waals surface area contributed by atoms with Crippen molar-refractivity contribution in [2.24, 2.45) is 0 Å². The minimum atomic E-state index is -3.68. The van der Waals surface area contributed by atoms with Crippen LogP contribution in [0.2, 0.25) is 5.02 Å². The van der Waals surface area contributed by atoms with Crippen molar-refractivity contribution in [2.75, 3.05) is 26.0 Å². The van der Waals surface area contributed by atoms with Crippen LogP contribution in [0.25, 0.3) is 11.3 Å². The van der Waals surface area contributed by atoms with E-state index in [9.17, 15) is 13.2 Å². The van der Waals surface area contributed by atoms with Crippen LogP contribution in [-0.2, 0) is 14.8 Å². The van der Waals surface area contributed by atoms with Crippen molar-refractivity contribution >= 4 is 55.3 Å². The Labute approximate surface area is 175 Å². The Hall–Kier alpha value is -1.98. The van der Waals surface area contributed by atoms with Crippen LogP contribution in [0.1, 0.15) is 0 Å². The number of likely N-dealkylation sites (N-methyl/N-ethyl adjacent to an activating group) is 1. The molecule has 7 nitrogen and oxygen atoms in total. The van der Waals surface area contributed by atoms with Crippen molar-refractivity contribution in [3.63, 3.8) is 0 Å². The molecule has 0 fully saturated rings. The van der Waals surface area contributed by atoms with Gasteiger partial charge in [-0.2, -0.15) is 4.31 Å². The molecule has 0 radical (unpaired) electrons. The smallest absolute Gasteiger partial charge is 0.252 e. The third-order valence-electron chi connectivity index (χ3n) is 3.72. The maximum atomic E-state index is 12.4. The summed E-state index contributed by atoms with van der Waals surface area (Å²) in [6, 6.07) is 8.42. The average Bonchev–Trinajstić information content (AvgIpc) is 3.33. The third-order valence-corrected chi connectivity index (χ3v) is 7.95. The Morgan fingerprint density at radius 2 is 2.11 bits per heavy atom. The standard InChI is InChI=1S/C17H16ClN3O4S3/c1-21(28(23,24)16-4-3-7-26-16)9-15(22)20-17-19-13(10-27-17)11-5-6-14(25-2)12(18)8-11/h3-8,10H,9H2,1-2H3,(H,19,20,22). The van der Waals surface area contributed by atoms with E-state index in [0.29, 0.717) is 21.6 Å². The van der Waals surface area contributed by atoms with Crippen molar-refractivity contribution in [3.05, 3.63) is 46.1 Å². The molecule has 11 heteroatoms. The molecule has 3 aromatic rings. The summed E-state index contributed by atoms with van der Waals surface area (Å²) >= 11 is 8.47. The van der Waals surface area contributed by atoms with E-state index >= 15 is 0 Å². The molecule has 1 amide bonds. The molecule has 0 unspecified atom stereocenters. The van der Waals surface area contributed by atoms with E-state index in [-0.39, 0.29) is 10.8 Å². The van der Waals surface area contributed by atoms with Crippen LogP contribution in [-0.4, -0.2) is 44.3 Å². The van der Waals surface area contributed by atoms with Gasteiger partial charge in [-0.1, -0.05) is 17.7 Å². The summed E-state index contributed by atoms with van der Waals surface area (Å²) in [5, 5.41) is 6.90. The number of nitrogens with one attached hydrogen (secondary N) is 1. The van der Waals surface area contributed by atoms with Crippen LogP contribution in [0, 0.1) is 0 Å². The minimum Gasteiger partial charge on any atom is -0.495 e. The van der Waals surface area contributed by atoms with Crippen molar-refractivity contribution < 1.29 is 17.9 Å². The average molecular weight is 458 g/mol. The van der Waals surface area contributed by atoms with Gasteiger partial charge in [0, 0.05) is 18.0 Å². The van der Waals surface area contributed by atoms with Crippen molar-refractivity contribution in [1.29, 1.82) is 0 Å². The predicted molar refractivity (Wildman–Crippen MR) is 112 cm³/mol. The summed E-state index contributed by atoms with van der Waals surface area (Å²) in [6.45, 7) is -0.316. The van der Waals surface area contributed by atoms with Crippen LogP contribution >= 0.6 is 34.3 Å². The van der Waals surface area contributed by atoms with E-state index in [4.69, 9.17) is 16.3 Å². The van der Waals surface area contributed by atoms with Crippen LogP contribution in [0.3, 0.4) is 0 Å². The maximum absolute atomic E-state index is 12.4. The number of benzene rings is 1. The zero-order valence-electron chi connectivity index (χ0n) is 14.9. The number of rotatable bonds is 7. The van der Waals surface area contributed by atoms with Gasteiger partial charge in [0.2, 0.25) is 5.91 Å². The van der Waals surface area contributed by atoms with Crippen molar-refractivity contribution in [1.82, 2.24) is 9.29 Å². The van der Waals surface area contributed by atoms with E-state index in [0.717, 1.165) is 21.2 Å². The summed E-state index contributed by atoms with van der Waals surface area (Å²) in [5.41, 5.74) is 1.42. The van der Waals surface area contributed by atoms with Gasteiger partial charge in [0.25, 0.3) is 10.0 Å². The number of hydrogen-bond acceptors (Lipinski definition) is 7. The quantitative estimate of drug-likeness (QED) is 0.583. The summed E-state index contributed by atoms with van der Waals surface area (Å²) in [7, 11) is -0.788. The molecule has 0 aliphatic carbocycles. The number of carbonyl (C=O) groups excluding carboxylic acids is 1. The highest BCUT2D eigenvalue weighted by Crippen LogP contribution is 2.31. The van der Waals surface area contributed by atoms with Gasteiger partial charge < -0.3 is 10.1 Å². The Balaban J connectivity index is 1.66. The Morgan fingerprint density at radius 3 is 2.75 bits per heavy atom. The van der Waals surface area contributed by atoms with Crippen LogP contribution in [0.5, 0.6) is 5.75 Å². The number of carbonyl (C=O) groups is 1. The van der Waals surface area contributed by atoms with Gasteiger partial charge in [0.1, 0.15) is 9.96 Å². The van der Waals surface area contributed by atoms with Gasteiger partial charge in [0.05, 0.1) is 24.4 Å². The Morgan fingerprint density at radius 1 is 1.32 bits per heavy atom. The first-order chi connectivity index (χ1) is 13.3. The van der Waals surface area contributed by atoms with E-state index in [2.05, 4.69) is 10.3 Å². The van der Waals surface area contributed by atoms with E-state index in [1.807, 2.05) is 6.07 Å². The number of nitrogens with zero attached hydrogens (tertiary/aromatic N) is 2. The first kappa shape index (κ1) is 20.7. The molecule has 2 heterocycles. The lowest BCUT2D eigenvalue weighted by Gasteiger charge is -2.15. The molecule has 0 saturated heterocycles. The molecule has 0 bridgehead atoms. The number of anilines is 1. The molecule has 1 N–H and O–H groups in total. The zero-order chi connectivity index (χ0) is 20.3. The highest BCUT2D eigenvalue weighted by atomic mass is 35.5. The van der Waals surface area contributed by atoms with E-state index < -0.39 is 15.9 Å². The fourth-order valence-electron chi connectivity index (χ4n) is 2.30.